The van der Waals surface area contributed by atoms with Crippen molar-refractivity contribution in [2.24, 2.45) is 20.5 Å². The number of rotatable bonds is 16. The quantitative estimate of drug-likeness (QED) is 0.0430. The number of carbonyl (C=O) groups excluding carboxylic acids is 6. The van der Waals surface area contributed by atoms with Gasteiger partial charge in [0, 0.05) is 22.7 Å². The fraction of sp³-hybridized carbons (Fsp3) is 0.217. The monoisotopic (exact) mass is 1050 g/mol. The number of amides is 4. The Morgan fingerprint density at radius 2 is 0.843 bits per heavy atom. The van der Waals surface area contributed by atoms with Crippen molar-refractivity contribution in [3.8, 4) is 0 Å². The Morgan fingerprint density at radius 3 is 1.16 bits per heavy atom. The maximum Gasteiger partial charge on any atom is 0.417 e. The molecule has 0 aliphatic heterocycles. The van der Waals surface area contributed by atoms with Crippen LogP contribution in [0.3, 0.4) is 0 Å². The molecule has 5 aromatic rings. The van der Waals surface area contributed by atoms with Gasteiger partial charge in [0.2, 0.25) is 12.1 Å². The summed E-state index contributed by atoms with van der Waals surface area (Å²) in [5.41, 5.74) is -1.93. The summed E-state index contributed by atoms with van der Waals surface area (Å²) in [6.45, 7) is 5.66. The van der Waals surface area contributed by atoms with Gasteiger partial charge in [0.1, 0.15) is 0 Å². The lowest BCUT2D eigenvalue weighted by molar-refractivity contribution is -0.138. The van der Waals surface area contributed by atoms with Crippen LogP contribution in [0.4, 0.5) is 60.5 Å². The van der Waals surface area contributed by atoms with E-state index in [1.807, 2.05) is 0 Å². The molecule has 0 bridgehead atoms. The molecule has 5 aromatic carbocycles. The zero-order chi connectivity index (χ0) is 51.8. The maximum atomic E-state index is 13.6. The van der Waals surface area contributed by atoms with Gasteiger partial charge in [-0.2, -0.15) is 46.8 Å². The Bertz CT molecular complexity index is 2770. The standard InChI is InChI=1S/C46H36Cl4F6N8O6/c1-5-23-15-38(60-44(70)40(22(4)66)64-62-28-10-12-34(48)30(18-28)42(68)58-26-8-14-36(50)32(20-26)46(54,55)56)24(6-2)16-37(23)59-43(69)39(21(3)65)63-61-27-9-11-33(47)29(17-27)41(67)57-25-7-13-35(49)31(19-25)45(51,52)53/h7-20,39-40H,5-6H2,1-4H3,(H,57,67)(H,58,68)(H,59,69)(H,60,70). The van der Waals surface area contributed by atoms with Gasteiger partial charge in [-0.05, 0) is 123 Å². The first kappa shape index (κ1) is 54.2. The van der Waals surface area contributed by atoms with Crippen LogP contribution in [0.2, 0.25) is 20.1 Å². The van der Waals surface area contributed by atoms with Gasteiger partial charge < -0.3 is 21.3 Å². The molecule has 0 heterocycles. The molecule has 24 heteroatoms. The second-order valence-corrected chi connectivity index (χ2v) is 16.6. The normalized spacial score (nSPS) is 12.7. The lowest BCUT2D eigenvalue weighted by Crippen LogP contribution is -2.33. The van der Waals surface area contributed by atoms with E-state index in [0.29, 0.717) is 23.3 Å². The highest BCUT2D eigenvalue weighted by molar-refractivity contribution is 6.35. The van der Waals surface area contributed by atoms with E-state index in [1.54, 1.807) is 26.0 Å². The number of aryl methyl sites for hydroxylation is 2. The summed E-state index contributed by atoms with van der Waals surface area (Å²) in [6.07, 6.45) is -9.03. The zero-order valence-corrected chi connectivity index (χ0v) is 39.7. The third kappa shape index (κ3) is 13.7. The highest BCUT2D eigenvalue weighted by Crippen LogP contribution is 2.38. The number of carbonyl (C=O) groups is 6. The number of halogens is 10. The van der Waals surface area contributed by atoms with Crippen LogP contribution in [0.1, 0.15) is 70.7 Å². The van der Waals surface area contributed by atoms with E-state index in [-0.39, 0.29) is 68.1 Å². The maximum absolute atomic E-state index is 13.6. The molecule has 0 aliphatic carbocycles. The van der Waals surface area contributed by atoms with E-state index in [9.17, 15) is 55.1 Å². The molecule has 4 N–H and O–H groups in total. The van der Waals surface area contributed by atoms with Crippen molar-refractivity contribution in [1.82, 2.24) is 0 Å². The van der Waals surface area contributed by atoms with Crippen LogP contribution in [-0.4, -0.2) is 47.3 Å². The van der Waals surface area contributed by atoms with E-state index in [0.717, 1.165) is 50.2 Å². The summed E-state index contributed by atoms with van der Waals surface area (Å²) in [7, 11) is 0. The van der Waals surface area contributed by atoms with E-state index in [4.69, 9.17) is 46.4 Å². The molecule has 0 saturated carbocycles. The summed E-state index contributed by atoms with van der Waals surface area (Å²) in [6, 6.07) is 12.6. The third-order valence-electron chi connectivity index (χ3n) is 9.90. The smallest absolute Gasteiger partial charge is 0.323 e. The molecule has 0 spiro atoms. The van der Waals surface area contributed by atoms with Crippen molar-refractivity contribution < 1.29 is 55.1 Å². The topological polar surface area (TPSA) is 200 Å². The van der Waals surface area contributed by atoms with Crippen LogP contribution in [-0.2, 0) is 44.4 Å². The van der Waals surface area contributed by atoms with Crippen LogP contribution in [0.25, 0.3) is 0 Å². The van der Waals surface area contributed by atoms with Crippen molar-refractivity contribution in [3.63, 3.8) is 0 Å². The predicted molar refractivity (Wildman–Crippen MR) is 252 cm³/mol. The molecule has 366 valence electrons. The fourth-order valence-corrected chi connectivity index (χ4v) is 7.19. The Labute approximate surface area is 414 Å². The lowest BCUT2D eigenvalue weighted by Gasteiger charge is -2.18. The van der Waals surface area contributed by atoms with E-state index >= 15 is 0 Å². The highest BCUT2D eigenvalue weighted by atomic mass is 35.5. The van der Waals surface area contributed by atoms with Crippen molar-refractivity contribution in [3.05, 3.63) is 138 Å². The minimum atomic E-state index is -4.80. The Hall–Kier alpha value is -6.74. The minimum absolute atomic E-state index is 0.0455. The minimum Gasteiger partial charge on any atom is -0.323 e. The molecular weight excluding hydrogens is 1020 g/mol. The highest BCUT2D eigenvalue weighted by Gasteiger charge is 2.35. The van der Waals surface area contributed by atoms with Crippen LogP contribution < -0.4 is 21.3 Å². The summed E-state index contributed by atoms with van der Waals surface area (Å²) >= 11 is 23.8. The van der Waals surface area contributed by atoms with Crippen LogP contribution in [0, 0.1) is 0 Å². The van der Waals surface area contributed by atoms with Crippen LogP contribution >= 0.6 is 46.4 Å². The van der Waals surface area contributed by atoms with Gasteiger partial charge in [0.25, 0.3) is 23.6 Å². The Balaban J connectivity index is 1.30. The number of anilines is 4. The van der Waals surface area contributed by atoms with Crippen molar-refractivity contribution >= 4 is 116 Å². The van der Waals surface area contributed by atoms with Gasteiger partial charge in [0.15, 0.2) is 11.6 Å². The average molecular weight is 1050 g/mol. The summed E-state index contributed by atoms with van der Waals surface area (Å²) in [5, 5.41) is 24.3. The van der Waals surface area contributed by atoms with Crippen molar-refractivity contribution in [2.45, 2.75) is 65.0 Å². The Kier molecular flexibility index (Phi) is 17.6. The van der Waals surface area contributed by atoms with Gasteiger partial charge in [0.05, 0.1) is 53.7 Å². The van der Waals surface area contributed by atoms with Gasteiger partial charge >= 0.3 is 12.4 Å². The first-order chi connectivity index (χ1) is 32.8. The molecule has 2 atom stereocenters. The number of ketones is 2. The molecule has 4 amide bonds. The van der Waals surface area contributed by atoms with Gasteiger partial charge in [-0.25, -0.2) is 0 Å². The first-order valence-corrected chi connectivity index (χ1v) is 21.9. The van der Waals surface area contributed by atoms with E-state index in [2.05, 4.69) is 41.7 Å². The number of hydrogen-bond donors (Lipinski definition) is 4. The van der Waals surface area contributed by atoms with Crippen LogP contribution in [0.5, 0.6) is 0 Å². The second-order valence-electron chi connectivity index (χ2n) is 14.9. The summed E-state index contributed by atoms with van der Waals surface area (Å²) in [4.78, 5) is 78.7. The molecule has 0 fully saturated rings. The molecule has 70 heavy (non-hydrogen) atoms. The van der Waals surface area contributed by atoms with Crippen molar-refractivity contribution in [1.29, 1.82) is 0 Å². The number of azo groups is 2. The number of benzene rings is 5. The lowest BCUT2D eigenvalue weighted by atomic mass is 10.0. The molecule has 0 saturated heterocycles. The Morgan fingerprint density at radius 1 is 0.500 bits per heavy atom. The second kappa shape index (κ2) is 22.8. The number of nitrogens with zero attached hydrogens (tertiary/aromatic N) is 4. The van der Waals surface area contributed by atoms with Gasteiger partial charge in [-0.1, -0.05) is 60.3 Å². The fourth-order valence-electron chi connectivity index (χ4n) is 6.33. The number of alkyl halides is 6. The summed E-state index contributed by atoms with van der Waals surface area (Å²) in [5.74, 6) is -5.08. The summed E-state index contributed by atoms with van der Waals surface area (Å²) < 4.78 is 80.3. The molecule has 0 aromatic heterocycles. The van der Waals surface area contributed by atoms with Gasteiger partial charge in [-0.15, -0.1) is 0 Å². The number of hydrogen-bond acceptors (Lipinski definition) is 10. The molecule has 14 nitrogen and oxygen atoms in total. The van der Waals surface area contributed by atoms with Crippen molar-refractivity contribution in [2.75, 3.05) is 21.3 Å². The molecular formula is C46H36Cl4F6N8O6. The number of Topliss-reactive ketones (excluding diaryl/α,β-unsaturated/α-hetero) is 2. The SMILES string of the molecule is CCc1cc(NC(=O)C(N=Nc2ccc(Cl)c(C(=O)Nc3ccc(Cl)c(C(F)(F)F)c3)c2)C(C)=O)c(CC)cc1NC(=O)C(N=Nc1ccc(Cl)c(C(=O)Nc2ccc(Cl)c(C(F)(F)F)c2)c1)C(C)=O. The van der Waals surface area contributed by atoms with Crippen LogP contribution in [0.15, 0.2) is 105 Å². The third-order valence-corrected chi connectivity index (χ3v) is 11.2. The molecule has 0 radical (unpaired) electrons. The number of nitrogens with one attached hydrogen (secondary N) is 4. The molecule has 0 aliphatic rings. The van der Waals surface area contributed by atoms with E-state index < -0.39 is 80.8 Å². The predicted octanol–water partition coefficient (Wildman–Crippen LogP) is 13.3. The molecule has 2 unspecified atom stereocenters. The van der Waals surface area contributed by atoms with Gasteiger partial charge in [-0.3, -0.25) is 28.8 Å². The molecule has 5 rings (SSSR count). The first-order valence-electron chi connectivity index (χ1n) is 20.4. The van der Waals surface area contributed by atoms with E-state index in [1.165, 1.54) is 24.3 Å². The largest absolute Gasteiger partial charge is 0.417 e. The zero-order valence-electron chi connectivity index (χ0n) is 36.7. The average Bonchev–Trinajstić information content (AvgIpc) is 3.28.